The topological polar surface area (TPSA) is 54.8 Å². The molecule has 0 aliphatic carbocycles. The minimum absolute atomic E-state index is 0.239. The molecule has 57 heavy (non-hydrogen) atoms. The number of hydrogen-bond donors (Lipinski definition) is 1. The van der Waals surface area contributed by atoms with Crippen molar-refractivity contribution < 1.29 is 4.42 Å². The van der Waals surface area contributed by atoms with Gasteiger partial charge in [0.2, 0.25) is 0 Å². The molecule has 0 spiro atoms. The van der Waals surface area contributed by atoms with Crippen LogP contribution in [0.25, 0.3) is 80.7 Å². The molecule has 1 N–H and O–H groups in total. The van der Waals surface area contributed by atoms with E-state index in [-0.39, 0.29) is 6.17 Å². The van der Waals surface area contributed by atoms with E-state index in [2.05, 4.69) is 168 Å². The zero-order valence-electron chi connectivity index (χ0n) is 30.6. The van der Waals surface area contributed by atoms with E-state index in [0.29, 0.717) is 0 Å². The van der Waals surface area contributed by atoms with Crippen LogP contribution < -0.4 is 5.32 Å². The molecular weight excluding hydrogens is 717 g/mol. The summed E-state index contributed by atoms with van der Waals surface area (Å²) in [6.45, 7) is 0. The number of aromatic nitrogens is 1. The highest BCUT2D eigenvalue weighted by Gasteiger charge is 2.22. The molecule has 0 radical (unpaired) electrons. The molecule has 0 saturated heterocycles. The Morgan fingerprint density at radius 3 is 2.04 bits per heavy atom. The molecule has 11 aromatic rings. The number of rotatable bonds is 5. The number of nitrogens with zero attached hydrogens (tertiary/aromatic N) is 3. The van der Waals surface area contributed by atoms with Gasteiger partial charge in [0, 0.05) is 64.6 Å². The fourth-order valence-corrected chi connectivity index (χ4v) is 9.73. The van der Waals surface area contributed by atoms with Gasteiger partial charge in [0.05, 0.1) is 11.0 Å². The van der Waals surface area contributed by atoms with Gasteiger partial charge >= 0.3 is 0 Å². The van der Waals surface area contributed by atoms with E-state index in [4.69, 9.17) is 14.4 Å². The van der Waals surface area contributed by atoms with Crippen molar-refractivity contribution >= 4 is 86.9 Å². The van der Waals surface area contributed by atoms with Crippen molar-refractivity contribution in [3.63, 3.8) is 0 Å². The summed E-state index contributed by atoms with van der Waals surface area (Å²) in [4.78, 5) is 10.1. The zero-order chi connectivity index (χ0) is 37.5. The third-order valence-corrected chi connectivity index (χ3v) is 12.4. The highest BCUT2D eigenvalue weighted by atomic mass is 32.1. The monoisotopic (exact) mass is 748 g/mol. The van der Waals surface area contributed by atoms with Crippen LogP contribution in [0, 0.1) is 0 Å². The lowest BCUT2D eigenvalue weighted by Gasteiger charge is -2.23. The normalized spacial score (nSPS) is 14.5. The maximum Gasteiger partial charge on any atom is 0.159 e. The molecule has 4 heterocycles. The van der Waals surface area contributed by atoms with Crippen LogP contribution in [0.1, 0.15) is 22.9 Å². The average molecular weight is 749 g/mol. The van der Waals surface area contributed by atoms with Gasteiger partial charge < -0.3 is 14.3 Å². The molecule has 0 fully saturated rings. The van der Waals surface area contributed by atoms with Crippen molar-refractivity contribution in [3.8, 4) is 16.8 Å². The number of fused-ring (bicyclic) bond motifs is 9. The lowest BCUT2D eigenvalue weighted by atomic mass is 9.97. The van der Waals surface area contributed by atoms with Crippen LogP contribution in [0.3, 0.4) is 0 Å². The van der Waals surface area contributed by atoms with Crippen LogP contribution in [0.4, 0.5) is 0 Å². The summed E-state index contributed by atoms with van der Waals surface area (Å²) in [7, 11) is 0. The molecule has 8 aromatic carbocycles. The number of amidine groups is 2. The fourth-order valence-electron chi connectivity index (χ4n) is 8.61. The molecule has 12 rings (SSSR count). The van der Waals surface area contributed by atoms with Crippen molar-refractivity contribution in [1.29, 1.82) is 0 Å². The van der Waals surface area contributed by atoms with Crippen molar-refractivity contribution in [2.45, 2.75) is 6.17 Å². The van der Waals surface area contributed by atoms with Crippen LogP contribution in [0.5, 0.6) is 0 Å². The number of nitrogens with one attached hydrogen (secondary N) is 1. The minimum Gasteiger partial charge on any atom is -0.456 e. The number of aliphatic imine (C=N–C) groups is 2. The molecule has 268 valence electrons. The van der Waals surface area contributed by atoms with Gasteiger partial charge in [-0.25, -0.2) is 9.98 Å². The third kappa shape index (κ3) is 5.15. The largest absolute Gasteiger partial charge is 0.456 e. The number of thiophene rings is 1. The van der Waals surface area contributed by atoms with Gasteiger partial charge in [0.25, 0.3) is 0 Å². The van der Waals surface area contributed by atoms with Crippen LogP contribution in [0.2, 0.25) is 0 Å². The SMILES string of the molecule is c1ccc(C2=NC(c3ccccc3)NC(c3ccc4c(c3)sc3ccc(-c5cccc6oc7cc(-n8c9ccccc9c9ccccc98)ccc7c56)cc34)=N2)cc1. The molecule has 1 unspecified atom stereocenters. The van der Waals surface area contributed by atoms with Crippen molar-refractivity contribution in [2.24, 2.45) is 9.98 Å². The maximum absolute atomic E-state index is 6.63. The molecule has 1 aliphatic heterocycles. The van der Waals surface area contributed by atoms with Crippen LogP contribution in [-0.4, -0.2) is 16.2 Å². The minimum atomic E-state index is -0.239. The Kier molecular flexibility index (Phi) is 7.09. The Balaban J connectivity index is 0.941. The van der Waals surface area contributed by atoms with Crippen LogP contribution >= 0.6 is 11.3 Å². The van der Waals surface area contributed by atoms with E-state index in [0.717, 1.165) is 61.6 Å². The van der Waals surface area contributed by atoms with Gasteiger partial charge in [0.1, 0.15) is 23.2 Å². The summed E-state index contributed by atoms with van der Waals surface area (Å²) in [5.41, 5.74) is 10.7. The van der Waals surface area contributed by atoms with E-state index < -0.39 is 0 Å². The Bertz CT molecular complexity index is 3390. The van der Waals surface area contributed by atoms with Crippen molar-refractivity contribution in [3.05, 3.63) is 199 Å². The van der Waals surface area contributed by atoms with Crippen LogP contribution in [0.15, 0.2) is 196 Å². The Morgan fingerprint density at radius 2 is 1.23 bits per heavy atom. The van der Waals surface area contributed by atoms with Gasteiger partial charge in [-0.1, -0.05) is 127 Å². The zero-order valence-corrected chi connectivity index (χ0v) is 31.4. The van der Waals surface area contributed by atoms with Gasteiger partial charge in [-0.3, -0.25) is 0 Å². The highest BCUT2D eigenvalue weighted by Crippen LogP contribution is 2.42. The molecular formula is C51H32N4OS. The number of para-hydroxylation sites is 2. The van der Waals surface area contributed by atoms with Gasteiger partial charge in [-0.2, -0.15) is 0 Å². The van der Waals surface area contributed by atoms with Crippen molar-refractivity contribution in [2.75, 3.05) is 0 Å². The van der Waals surface area contributed by atoms with E-state index in [1.807, 2.05) is 35.6 Å². The summed E-state index contributed by atoms with van der Waals surface area (Å²) in [5.74, 6) is 1.54. The molecule has 0 bridgehead atoms. The first-order chi connectivity index (χ1) is 28.2. The Morgan fingerprint density at radius 1 is 0.509 bits per heavy atom. The second-order valence-electron chi connectivity index (χ2n) is 14.6. The number of benzene rings is 8. The van der Waals surface area contributed by atoms with E-state index in [1.54, 1.807) is 0 Å². The Hall–Kier alpha value is -7.28. The molecule has 5 nitrogen and oxygen atoms in total. The van der Waals surface area contributed by atoms with Gasteiger partial charge in [0.15, 0.2) is 5.84 Å². The smallest absolute Gasteiger partial charge is 0.159 e. The molecule has 6 heteroatoms. The quantitative estimate of drug-likeness (QED) is 0.191. The molecule has 0 amide bonds. The first kappa shape index (κ1) is 32.0. The summed E-state index contributed by atoms with van der Waals surface area (Å²) < 4.78 is 11.4. The molecule has 3 aromatic heterocycles. The van der Waals surface area contributed by atoms with Crippen molar-refractivity contribution in [1.82, 2.24) is 9.88 Å². The summed E-state index contributed by atoms with van der Waals surface area (Å²) >= 11 is 1.81. The van der Waals surface area contributed by atoms with Gasteiger partial charge in [-0.15, -0.1) is 11.3 Å². The third-order valence-electron chi connectivity index (χ3n) is 11.3. The predicted molar refractivity (Wildman–Crippen MR) is 238 cm³/mol. The molecule has 0 saturated carbocycles. The number of hydrogen-bond acceptors (Lipinski definition) is 5. The summed E-state index contributed by atoms with van der Waals surface area (Å²) in [6, 6.07) is 64.4. The average Bonchev–Trinajstić information content (AvgIpc) is 3.95. The van der Waals surface area contributed by atoms with E-state index >= 15 is 0 Å². The highest BCUT2D eigenvalue weighted by molar-refractivity contribution is 7.25. The second kappa shape index (κ2) is 12.6. The first-order valence-corrected chi connectivity index (χ1v) is 20.0. The second-order valence-corrected chi connectivity index (χ2v) is 15.7. The molecule has 1 aliphatic rings. The van der Waals surface area contributed by atoms with Gasteiger partial charge in [-0.05, 0) is 65.2 Å². The first-order valence-electron chi connectivity index (χ1n) is 19.2. The maximum atomic E-state index is 6.63. The fraction of sp³-hybridized carbons (Fsp3) is 0.0196. The summed E-state index contributed by atoms with van der Waals surface area (Å²) in [5, 5.41) is 10.8. The predicted octanol–water partition coefficient (Wildman–Crippen LogP) is 13.2. The Labute approximate surface area is 331 Å². The van der Waals surface area contributed by atoms with Crippen LogP contribution in [-0.2, 0) is 0 Å². The van der Waals surface area contributed by atoms with E-state index in [1.165, 1.54) is 47.5 Å². The van der Waals surface area contributed by atoms with E-state index in [9.17, 15) is 0 Å². The summed E-state index contributed by atoms with van der Waals surface area (Å²) in [6.07, 6.45) is -0.239. The number of furan rings is 1. The lowest BCUT2D eigenvalue weighted by Crippen LogP contribution is -2.33. The lowest BCUT2D eigenvalue weighted by molar-refractivity contribution is 0.668. The standard InChI is InChI=1S/C51H32N4OS/c1-3-12-31(13-4-1)49-52-50(32-14-5-2-6-15-32)54-51(53-49)34-22-25-39-41-28-33(23-27-46(41)57-47(39)29-34)36-18-11-21-44-48(36)40-26-24-35(30-45(40)56-44)55-42-19-9-7-16-37(42)38-17-8-10-20-43(38)55/h1-30,49H,(H,52,53,54). The molecule has 1 atom stereocenters.